The van der Waals surface area contributed by atoms with Gasteiger partial charge in [0, 0.05) is 5.41 Å². The predicted octanol–water partition coefficient (Wildman–Crippen LogP) is 0.539. The largest absolute Gasteiger partial charge is 0.343 e. The van der Waals surface area contributed by atoms with Crippen LogP contribution in [0, 0.1) is 38.9 Å². The first-order chi connectivity index (χ1) is 11.1. The summed E-state index contributed by atoms with van der Waals surface area (Å²) in [5.74, 6) is -0.986. The SMILES string of the molecule is CCOC1(OCC)[NH+]=C(N)[C@@]2(C#N)C3(CCCCCC3)[C@@]12C#N. The molecule has 0 bridgehead atoms. The van der Waals surface area contributed by atoms with Crippen LogP contribution in [0.25, 0.3) is 0 Å². The summed E-state index contributed by atoms with van der Waals surface area (Å²) >= 11 is 0. The van der Waals surface area contributed by atoms with Crippen LogP contribution in [0.5, 0.6) is 0 Å². The smallest absolute Gasteiger partial charge is 0.314 e. The highest BCUT2D eigenvalue weighted by molar-refractivity contribution is 5.95. The molecule has 0 aromatic carbocycles. The van der Waals surface area contributed by atoms with Gasteiger partial charge in [-0.1, -0.05) is 25.7 Å². The summed E-state index contributed by atoms with van der Waals surface area (Å²) in [7, 11) is 0. The number of fused-ring (bicyclic) bond motifs is 3. The predicted molar refractivity (Wildman–Crippen MR) is 82.4 cm³/mol. The summed E-state index contributed by atoms with van der Waals surface area (Å²) in [6.45, 7) is 4.47. The molecule has 2 fully saturated rings. The van der Waals surface area contributed by atoms with Gasteiger partial charge in [0.15, 0.2) is 10.8 Å². The first kappa shape index (κ1) is 16.2. The van der Waals surface area contributed by atoms with E-state index in [-0.39, 0.29) is 0 Å². The highest BCUT2D eigenvalue weighted by Gasteiger charge is 3.03. The van der Waals surface area contributed by atoms with Crippen molar-refractivity contribution in [1.29, 1.82) is 10.5 Å². The van der Waals surface area contributed by atoms with E-state index in [9.17, 15) is 10.5 Å². The number of hydrogen-bond donors (Lipinski definition) is 2. The summed E-state index contributed by atoms with van der Waals surface area (Å²) in [5, 5.41) is 20.3. The van der Waals surface area contributed by atoms with Gasteiger partial charge in [-0.3, -0.25) is 5.73 Å². The fourth-order valence-corrected chi connectivity index (χ4v) is 5.41. The summed E-state index contributed by atoms with van der Waals surface area (Å²) < 4.78 is 11.9. The van der Waals surface area contributed by atoms with Crippen LogP contribution in [-0.2, 0) is 9.47 Å². The minimum Gasteiger partial charge on any atom is -0.314 e. The van der Waals surface area contributed by atoms with Crippen molar-refractivity contribution in [1.82, 2.24) is 0 Å². The molecule has 3 N–H and O–H groups in total. The molecule has 3 rings (SSSR count). The van der Waals surface area contributed by atoms with Crippen LogP contribution in [0.3, 0.4) is 0 Å². The van der Waals surface area contributed by atoms with E-state index in [1.165, 1.54) is 0 Å². The Balaban J connectivity index is 2.21. The molecule has 0 aromatic heterocycles. The highest BCUT2D eigenvalue weighted by Crippen LogP contribution is 2.85. The normalized spacial score (nSPS) is 36.4. The quantitative estimate of drug-likeness (QED) is 0.736. The molecule has 23 heavy (non-hydrogen) atoms. The standard InChI is InChI=1S/C17H24N4O2/c1-3-22-17(23-4-2)16(12-19)14(9-7-5-6-8-10-14)15(16,11-18)13(20)21-17/h3-10H2,1-2H3,(H2,20,21)/p+1/t15-,16+/m0/s1. The third-order valence-corrected chi connectivity index (χ3v) is 6.12. The molecule has 2 atom stereocenters. The van der Waals surface area contributed by atoms with Gasteiger partial charge >= 0.3 is 5.91 Å². The Labute approximate surface area is 137 Å². The van der Waals surface area contributed by atoms with Crippen molar-refractivity contribution < 1.29 is 14.5 Å². The van der Waals surface area contributed by atoms with Crippen molar-refractivity contribution in [3.63, 3.8) is 0 Å². The van der Waals surface area contributed by atoms with Crippen LogP contribution in [0.2, 0.25) is 0 Å². The number of nitrogens with two attached hydrogens (primary N) is 1. The van der Waals surface area contributed by atoms with Crippen LogP contribution in [0.4, 0.5) is 0 Å². The summed E-state index contributed by atoms with van der Waals surface area (Å²) in [5.41, 5.74) is 3.71. The van der Waals surface area contributed by atoms with Gasteiger partial charge in [0.2, 0.25) is 0 Å². The van der Waals surface area contributed by atoms with E-state index in [4.69, 9.17) is 15.2 Å². The highest BCUT2D eigenvalue weighted by atomic mass is 16.7. The van der Waals surface area contributed by atoms with Gasteiger partial charge in [-0.15, -0.1) is 0 Å². The lowest BCUT2D eigenvalue weighted by molar-refractivity contribution is -0.695. The van der Waals surface area contributed by atoms with Crippen LogP contribution in [0.15, 0.2) is 0 Å². The molecule has 6 heteroatoms. The Bertz CT molecular complexity index is 603. The molecular weight excluding hydrogens is 292 g/mol. The van der Waals surface area contributed by atoms with Gasteiger partial charge in [0.05, 0.1) is 25.4 Å². The number of ether oxygens (including phenoxy) is 2. The van der Waals surface area contributed by atoms with Crippen LogP contribution < -0.4 is 10.7 Å². The zero-order valence-corrected chi connectivity index (χ0v) is 13.9. The van der Waals surface area contributed by atoms with Gasteiger partial charge in [-0.2, -0.15) is 10.5 Å². The maximum absolute atomic E-state index is 10.2. The van der Waals surface area contributed by atoms with Gasteiger partial charge in [0.1, 0.15) is 0 Å². The van der Waals surface area contributed by atoms with Crippen LogP contribution in [0.1, 0.15) is 52.4 Å². The Morgan fingerprint density at radius 2 is 1.61 bits per heavy atom. The molecule has 3 aliphatic rings. The Morgan fingerprint density at radius 1 is 1.04 bits per heavy atom. The Kier molecular flexibility index (Phi) is 3.66. The molecule has 0 unspecified atom stereocenters. The van der Waals surface area contributed by atoms with E-state index >= 15 is 0 Å². The lowest BCUT2D eigenvalue weighted by Gasteiger charge is -2.32. The van der Waals surface area contributed by atoms with E-state index in [0.29, 0.717) is 19.0 Å². The second-order valence-electron chi connectivity index (χ2n) is 6.74. The van der Waals surface area contributed by atoms with Crippen LogP contribution >= 0.6 is 0 Å². The first-order valence-corrected chi connectivity index (χ1v) is 8.59. The van der Waals surface area contributed by atoms with Crippen molar-refractivity contribution in [3.8, 4) is 12.1 Å². The molecule has 2 aliphatic carbocycles. The maximum Gasteiger partial charge on any atom is 0.343 e. The number of nitriles is 2. The van der Waals surface area contributed by atoms with Gasteiger partial charge in [-0.25, -0.2) is 4.99 Å². The van der Waals surface area contributed by atoms with Crippen molar-refractivity contribution in [2.45, 2.75) is 58.3 Å². The fourth-order valence-electron chi connectivity index (χ4n) is 5.41. The average Bonchev–Trinajstić information content (AvgIpc) is 3.10. The number of hydrogen-bond acceptors (Lipinski definition) is 5. The summed E-state index contributed by atoms with van der Waals surface area (Å²) in [6, 6.07) is 4.86. The van der Waals surface area contributed by atoms with Crippen molar-refractivity contribution in [2.24, 2.45) is 22.0 Å². The Morgan fingerprint density at radius 3 is 2.04 bits per heavy atom. The molecular formula is C17H25N4O2+. The second kappa shape index (κ2) is 5.19. The zero-order valence-electron chi connectivity index (χ0n) is 13.9. The monoisotopic (exact) mass is 317 g/mol. The third-order valence-electron chi connectivity index (χ3n) is 6.12. The summed E-state index contributed by atoms with van der Waals surface area (Å²) in [6.07, 6.45) is 5.92. The minimum atomic E-state index is -1.32. The van der Waals surface area contributed by atoms with Gasteiger partial charge in [0.25, 0.3) is 5.84 Å². The molecule has 0 amide bonds. The van der Waals surface area contributed by atoms with Crippen LogP contribution in [-0.4, -0.2) is 25.0 Å². The zero-order chi connectivity index (χ0) is 16.8. The van der Waals surface area contributed by atoms with Gasteiger partial charge < -0.3 is 9.47 Å². The topological polar surface area (TPSA) is 106 Å². The molecule has 1 aliphatic heterocycles. The first-order valence-electron chi connectivity index (χ1n) is 8.59. The minimum absolute atomic E-state index is 0.338. The molecule has 2 saturated carbocycles. The van der Waals surface area contributed by atoms with Gasteiger partial charge in [-0.05, 0) is 26.7 Å². The van der Waals surface area contributed by atoms with Crippen molar-refractivity contribution >= 4 is 5.84 Å². The van der Waals surface area contributed by atoms with E-state index < -0.39 is 22.2 Å². The molecule has 6 nitrogen and oxygen atoms in total. The van der Waals surface area contributed by atoms with E-state index in [0.717, 1.165) is 38.5 Å². The lowest BCUT2D eigenvalue weighted by atomic mass is 9.83. The fraction of sp³-hybridized carbons (Fsp3) is 0.824. The van der Waals surface area contributed by atoms with E-state index in [1.54, 1.807) is 0 Å². The third kappa shape index (κ3) is 1.47. The van der Waals surface area contributed by atoms with E-state index in [2.05, 4.69) is 17.1 Å². The number of amidine groups is 1. The van der Waals surface area contributed by atoms with Crippen molar-refractivity contribution in [3.05, 3.63) is 0 Å². The maximum atomic E-state index is 10.2. The molecule has 0 saturated heterocycles. The second-order valence-corrected chi connectivity index (χ2v) is 6.74. The molecule has 0 aromatic rings. The molecule has 0 radical (unpaired) electrons. The number of nitrogens with zero attached hydrogens (tertiary/aromatic N) is 2. The lowest BCUT2D eigenvalue weighted by Crippen LogP contribution is -2.91. The molecule has 1 heterocycles. The average molecular weight is 317 g/mol. The number of rotatable bonds is 4. The Hall–Kier alpha value is -1.63. The number of nitrogens with one attached hydrogen (secondary N) is 1. The summed E-state index contributed by atoms with van der Waals surface area (Å²) in [4.78, 5) is 3.05. The molecule has 1 spiro atoms. The van der Waals surface area contributed by atoms with Crippen molar-refractivity contribution in [2.75, 3.05) is 13.2 Å². The van der Waals surface area contributed by atoms with E-state index in [1.807, 2.05) is 13.8 Å². The molecule has 124 valence electrons.